The summed E-state index contributed by atoms with van der Waals surface area (Å²) in [6.07, 6.45) is 1.58. The van der Waals surface area contributed by atoms with Crippen molar-refractivity contribution in [2.75, 3.05) is 24.7 Å². The fourth-order valence-electron chi connectivity index (χ4n) is 3.36. The van der Waals surface area contributed by atoms with Crippen molar-refractivity contribution in [1.29, 1.82) is 5.41 Å². The van der Waals surface area contributed by atoms with Crippen molar-refractivity contribution in [3.8, 4) is 0 Å². The Balaban J connectivity index is 2.40. The number of nitrogens with zero attached hydrogens (tertiary/aromatic N) is 4. The molecular weight excluding hydrogens is 270 g/mol. The molecule has 21 heavy (non-hydrogen) atoms. The highest BCUT2D eigenvalue weighted by Gasteiger charge is 2.47. The predicted molar refractivity (Wildman–Crippen MR) is 77.2 cm³/mol. The fraction of sp³-hybridized carbons (Fsp3) is 0.857. The lowest BCUT2D eigenvalue weighted by atomic mass is 9.86. The van der Waals surface area contributed by atoms with E-state index in [9.17, 15) is 5.11 Å². The first-order chi connectivity index (χ1) is 9.49. The zero-order chi connectivity index (χ0) is 16.1. The largest absolute Gasteiger partial charge is 0.394 e. The van der Waals surface area contributed by atoms with Gasteiger partial charge in [-0.3, -0.25) is 15.3 Å². The van der Waals surface area contributed by atoms with Gasteiger partial charge in [0.15, 0.2) is 0 Å². The van der Waals surface area contributed by atoms with Crippen molar-refractivity contribution in [2.24, 2.45) is 0 Å². The van der Waals surface area contributed by atoms with Crippen molar-refractivity contribution in [1.82, 2.24) is 10.2 Å². The van der Waals surface area contributed by atoms with Crippen LogP contribution in [0.25, 0.3) is 0 Å². The molecule has 7 heteroatoms. The Morgan fingerprint density at radius 2 is 1.86 bits per heavy atom. The van der Waals surface area contributed by atoms with Crippen molar-refractivity contribution in [3.63, 3.8) is 0 Å². The van der Waals surface area contributed by atoms with Gasteiger partial charge in [-0.1, -0.05) is 32.5 Å². The van der Waals surface area contributed by atoms with E-state index in [2.05, 4.69) is 56.7 Å². The first-order valence-corrected chi connectivity index (χ1v) is 7.26. The Labute approximate surface area is 125 Å². The lowest BCUT2D eigenvalue weighted by Crippen LogP contribution is -2.83. The SMILES string of the molecule is CC(C)(CO)N1CC(C)(C)N([n+]2cc(=N)o[n-]2)C(C)(C)C1. The van der Waals surface area contributed by atoms with Gasteiger partial charge >= 0.3 is 0 Å². The molecule has 2 rings (SSSR count). The molecular formula is C14H27N5O2. The van der Waals surface area contributed by atoms with E-state index in [1.54, 1.807) is 11.0 Å². The third-order valence-corrected chi connectivity index (χ3v) is 4.21. The Morgan fingerprint density at radius 1 is 1.33 bits per heavy atom. The Bertz CT molecular complexity index is 540. The number of hydrogen-bond acceptors (Lipinski definition) is 5. The van der Waals surface area contributed by atoms with E-state index in [-0.39, 0.29) is 28.8 Å². The molecule has 7 nitrogen and oxygen atoms in total. The quantitative estimate of drug-likeness (QED) is 0.741. The number of nitrogens with one attached hydrogen (secondary N) is 1. The van der Waals surface area contributed by atoms with Crippen molar-refractivity contribution in [3.05, 3.63) is 11.8 Å². The van der Waals surface area contributed by atoms with Crippen LogP contribution in [0, 0.1) is 5.41 Å². The highest BCUT2D eigenvalue weighted by Crippen LogP contribution is 2.31. The number of aliphatic hydroxyl groups excluding tert-OH is 1. The van der Waals surface area contributed by atoms with Gasteiger partial charge in [0.2, 0.25) is 0 Å². The summed E-state index contributed by atoms with van der Waals surface area (Å²) in [5.74, 6) is 0. The second-order valence-corrected chi connectivity index (χ2v) is 7.75. The lowest BCUT2D eigenvalue weighted by molar-refractivity contribution is -0.779. The van der Waals surface area contributed by atoms with Crippen molar-refractivity contribution in [2.45, 2.75) is 58.2 Å². The van der Waals surface area contributed by atoms with E-state index < -0.39 is 0 Å². The van der Waals surface area contributed by atoms with Gasteiger partial charge in [-0.25, -0.2) is 0 Å². The Hall–Kier alpha value is -1.34. The maximum Gasteiger partial charge on any atom is 0.286 e. The number of rotatable bonds is 3. The standard InChI is InChI=1S/C14H27N5O2/c1-12(2)8-17(14(5,6)10-20)9-13(3,4)19(12)18-7-11(15)21-16-18/h7,15,20H,8-10H2,1-6H3. The molecule has 1 aliphatic heterocycles. The summed E-state index contributed by atoms with van der Waals surface area (Å²) in [5.41, 5.74) is -0.667. The van der Waals surface area contributed by atoms with E-state index in [0.717, 1.165) is 13.1 Å². The van der Waals surface area contributed by atoms with Crippen LogP contribution in [0.3, 0.4) is 0 Å². The molecule has 0 saturated carbocycles. The fourth-order valence-corrected chi connectivity index (χ4v) is 3.36. The molecule has 0 aliphatic carbocycles. The van der Waals surface area contributed by atoms with Gasteiger partial charge in [-0.15, -0.1) is 0 Å². The summed E-state index contributed by atoms with van der Waals surface area (Å²) in [4.78, 5) is 3.94. The van der Waals surface area contributed by atoms with Crippen LogP contribution in [0.2, 0.25) is 0 Å². The Kier molecular flexibility index (Phi) is 3.70. The molecule has 0 atom stereocenters. The van der Waals surface area contributed by atoms with Gasteiger partial charge in [0, 0.05) is 29.7 Å². The van der Waals surface area contributed by atoms with Gasteiger partial charge in [-0.2, -0.15) is 0 Å². The smallest absolute Gasteiger partial charge is 0.286 e. The summed E-state index contributed by atoms with van der Waals surface area (Å²) in [6, 6.07) is 0. The molecule has 120 valence electrons. The van der Waals surface area contributed by atoms with Crippen LogP contribution in [-0.2, 0) is 0 Å². The highest BCUT2D eigenvalue weighted by atomic mass is 16.5. The molecule has 0 aromatic carbocycles. The van der Waals surface area contributed by atoms with E-state index in [0.29, 0.717) is 0 Å². The minimum atomic E-state index is -0.268. The van der Waals surface area contributed by atoms with Gasteiger partial charge < -0.3 is 9.63 Å². The molecule has 0 amide bonds. The minimum absolute atomic E-state index is 0.0414. The second-order valence-electron chi connectivity index (χ2n) is 7.75. The third kappa shape index (κ3) is 2.85. The lowest BCUT2D eigenvalue weighted by Gasteiger charge is -2.59. The van der Waals surface area contributed by atoms with Crippen LogP contribution < -0.4 is 20.6 Å². The first kappa shape index (κ1) is 16.0. The first-order valence-electron chi connectivity index (χ1n) is 7.26. The summed E-state index contributed by atoms with van der Waals surface area (Å²) in [5, 5.41) is 23.3. The predicted octanol–water partition coefficient (Wildman–Crippen LogP) is -0.415. The number of aliphatic hydroxyl groups is 1. The van der Waals surface area contributed by atoms with Crippen LogP contribution in [0.1, 0.15) is 41.5 Å². The highest BCUT2D eigenvalue weighted by molar-refractivity contribution is 5.13. The second kappa shape index (κ2) is 4.84. The van der Waals surface area contributed by atoms with Gasteiger partial charge in [0.1, 0.15) is 0 Å². The average molecular weight is 297 g/mol. The van der Waals surface area contributed by atoms with Gasteiger partial charge in [0.25, 0.3) is 11.8 Å². The van der Waals surface area contributed by atoms with Crippen LogP contribution in [-0.4, -0.2) is 46.3 Å². The van der Waals surface area contributed by atoms with Crippen molar-refractivity contribution >= 4 is 0 Å². The van der Waals surface area contributed by atoms with Crippen LogP contribution in [0.15, 0.2) is 10.7 Å². The third-order valence-electron chi connectivity index (χ3n) is 4.21. The van der Waals surface area contributed by atoms with E-state index in [1.165, 1.54) is 0 Å². The average Bonchev–Trinajstić information content (AvgIpc) is 2.72. The molecule has 1 fully saturated rings. The monoisotopic (exact) mass is 297 g/mol. The summed E-state index contributed by atoms with van der Waals surface area (Å²) in [7, 11) is 0. The van der Waals surface area contributed by atoms with Crippen LogP contribution in [0.5, 0.6) is 0 Å². The molecule has 2 N–H and O–H groups in total. The molecule has 1 aliphatic rings. The van der Waals surface area contributed by atoms with Crippen LogP contribution in [0.4, 0.5) is 0 Å². The molecule has 1 saturated heterocycles. The van der Waals surface area contributed by atoms with Gasteiger partial charge in [0.05, 0.1) is 6.61 Å². The van der Waals surface area contributed by atoms with Crippen LogP contribution >= 0.6 is 0 Å². The molecule has 0 unspecified atom stereocenters. The normalized spacial score (nSPS) is 22.5. The Morgan fingerprint density at radius 3 is 2.24 bits per heavy atom. The molecule has 1 aromatic rings. The minimum Gasteiger partial charge on any atom is -0.394 e. The number of piperazine rings is 1. The molecule has 1 aromatic heterocycles. The zero-order valence-electron chi connectivity index (χ0n) is 13.8. The summed E-state index contributed by atoms with van der Waals surface area (Å²) in [6.45, 7) is 14.4. The maximum atomic E-state index is 9.66. The van der Waals surface area contributed by atoms with E-state index in [1.807, 2.05) is 0 Å². The summed E-state index contributed by atoms with van der Waals surface area (Å²) >= 11 is 0. The van der Waals surface area contributed by atoms with E-state index in [4.69, 9.17) is 9.93 Å². The van der Waals surface area contributed by atoms with Gasteiger partial charge in [-0.05, 0) is 19.1 Å². The molecule has 0 bridgehead atoms. The molecule has 0 spiro atoms. The molecule has 0 radical (unpaired) electrons. The van der Waals surface area contributed by atoms with Crippen molar-refractivity contribution < 1.29 is 14.4 Å². The zero-order valence-corrected chi connectivity index (χ0v) is 13.8. The molecule has 2 heterocycles. The van der Waals surface area contributed by atoms with E-state index >= 15 is 0 Å². The number of hydrogen-bond donors (Lipinski definition) is 2. The topological polar surface area (TPSA) is 81.7 Å². The maximum absolute atomic E-state index is 9.66. The number of aromatic nitrogens is 2. The summed E-state index contributed by atoms with van der Waals surface area (Å²) < 4.78 is 4.90.